The number of unbranched alkanes of at least 4 members (excludes halogenated alkanes) is 13. The van der Waals surface area contributed by atoms with Gasteiger partial charge in [0.15, 0.2) is 0 Å². The number of imidazole rings is 1. The number of aromatic nitrogens is 2. The van der Waals surface area contributed by atoms with Crippen LogP contribution in [0.4, 0.5) is 0 Å². The topological polar surface area (TPSA) is 8.81 Å². The van der Waals surface area contributed by atoms with Crippen molar-refractivity contribution in [3.63, 3.8) is 0 Å². The van der Waals surface area contributed by atoms with E-state index in [0.717, 1.165) is 13.1 Å². The third-order valence-corrected chi connectivity index (χ3v) is 6.50. The van der Waals surface area contributed by atoms with Gasteiger partial charge in [-0.25, -0.2) is 9.13 Å². The summed E-state index contributed by atoms with van der Waals surface area (Å²) in [5.74, 6) is 1.50. The maximum Gasteiger partial charge on any atom is 0.256 e. The van der Waals surface area contributed by atoms with E-state index in [9.17, 15) is 0 Å². The van der Waals surface area contributed by atoms with Gasteiger partial charge in [-0.1, -0.05) is 128 Å². The van der Waals surface area contributed by atoms with Crippen molar-refractivity contribution in [2.45, 2.75) is 130 Å². The molecule has 0 saturated heterocycles. The second-order valence-electron chi connectivity index (χ2n) is 9.37. The highest BCUT2D eigenvalue weighted by Gasteiger charge is 2.16. The van der Waals surface area contributed by atoms with Crippen LogP contribution in [0.15, 0.2) is 42.7 Å². The Morgan fingerprint density at radius 1 is 0.645 bits per heavy atom. The molecule has 2 rings (SSSR count). The normalized spacial score (nSPS) is 11.3. The molecule has 0 aliphatic heterocycles. The highest BCUT2D eigenvalue weighted by Crippen LogP contribution is 2.14. The van der Waals surface area contributed by atoms with Gasteiger partial charge in [-0.15, -0.1) is 0 Å². The van der Waals surface area contributed by atoms with Gasteiger partial charge in [0.2, 0.25) is 0 Å². The number of hydrogen-bond acceptors (Lipinski definition) is 0. The minimum atomic E-state index is 0.992. The molecular formula is C29H49N2+. The van der Waals surface area contributed by atoms with Gasteiger partial charge in [0.05, 0.1) is 6.54 Å². The number of rotatable bonds is 19. The summed E-state index contributed by atoms with van der Waals surface area (Å²) in [6.45, 7) is 6.70. The van der Waals surface area contributed by atoms with Gasteiger partial charge in [0.1, 0.15) is 18.9 Å². The predicted molar refractivity (Wildman–Crippen MR) is 134 cm³/mol. The lowest BCUT2D eigenvalue weighted by atomic mass is 10.0. The SMILES string of the molecule is CCCCCCCCCCCCCCCCc1n(CCC)cc[n+]1Cc1ccccc1. The van der Waals surface area contributed by atoms with Crippen LogP contribution in [0, 0.1) is 0 Å². The third kappa shape index (κ3) is 11.0. The van der Waals surface area contributed by atoms with Crippen LogP contribution in [0.2, 0.25) is 0 Å². The minimum Gasteiger partial charge on any atom is -0.234 e. The fourth-order valence-corrected chi connectivity index (χ4v) is 4.63. The molecule has 2 aromatic rings. The third-order valence-electron chi connectivity index (χ3n) is 6.50. The van der Waals surface area contributed by atoms with Crippen LogP contribution in [0.3, 0.4) is 0 Å². The van der Waals surface area contributed by atoms with Crippen molar-refractivity contribution in [2.75, 3.05) is 0 Å². The zero-order valence-electron chi connectivity index (χ0n) is 20.7. The molecule has 0 spiro atoms. The molecular weight excluding hydrogens is 376 g/mol. The average molecular weight is 426 g/mol. The van der Waals surface area contributed by atoms with Gasteiger partial charge in [0, 0.05) is 6.42 Å². The van der Waals surface area contributed by atoms with Crippen LogP contribution < -0.4 is 4.57 Å². The van der Waals surface area contributed by atoms with Crippen LogP contribution in [-0.2, 0) is 19.5 Å². The van der Waals surface area contributed by atoms with Gasteiger partial charge < -0.3 is 0 Å². The van der Waals surface area contributed by atoms with E-state index in [1.165, 1.54) is 114 Å². The molecule has 0 aliphatic rings. The molecule has 1 aromatic heterocycles. The molecule has 174 valence electrons. The van der Waals surface area contributed by atoms with Crippen LogP contribution in [0.25, 0.3) is 0 Å². The molecule has 0 amide bonds. The summed E-state index contributed by atoms with van der Waals surface area (Å²) in [6.07, 6.45) is 26.9. The molecule has 1 aromatic carbocycles. The standard InChI is InChI=1S/C29H49N2/c1-3-5-6-7-8-9-10-11-12-13-14-15-16-20-23-29-30(24-4-2)25-26-31(29)27-28-21-18-17-19-22-28/h17-19,21-22,25-26H,3-16,20,23-24,27H2,1-2H3/q+1. The molecule has 0 aliphatic carbocycles. The second-order valence-corrected chi connectivity index (χ2v) is 9.37. The lowest BCUT2D eigenvalue weighted by Crippen LogP contribution is -2.37. The van der Waals surface area contributed by atoms with Gasteiger partial charge in [0.25, 0.3) is 5.82 Å². The van der Waals surface area contributed by atoms with Crippen molar-refractivity contribution in [1.82, 2.24) is 4.57 Å². The highest BCUT2D eigenvalue weighted by molar-refractivity contribution is 5.13. The first kappa shape index (κ1) is 25.7. The van der Waals surface area contributed by atoms with Crippen LogP contribution >= 0.6 is 0 Å². The quantitative estimate of drug-likeness (QED) is 0.158. The van der Waals surface area contributed by atoms with E-state index in [1.54, 1.807) is 0 Å². The van der Waals surface area contributed by atoms with Crippen LogP contribution in [-0.4, -0.2) is 4.57 Å². The van der Waals surface area contributed by atoms with Crippen molar-refractivity contribution in [3.05, 3.63) is 54.1 Å². The molecule has 0 N–H and O–H groups in total. The molecule has 1 heterocycles. The number of benzene rings is 1. The fraction of sp³-hybridized carbons (Fsp3) is 0.690. The van der Waals surface area contributed by atoms with E-state index < -0.39 is 0 Å². The average Bonchev–Trinajstić information content (AvgIpc) is 3.16. The molecule has 31 heavy (non-hydrogen) atoms. The first-order chi connectivity index (χ1) is 15.3. The zero-order valence-corrected chi connectivity index (χ0v) is 20.7. The Labute approximate surface area is 193 Å². The Kier molecular flexibility index (Phi) is 14.1. The van der Waals surface area contributed by atoms with Crippen molar-refractivity contribution in [1.29, 1.82) is 0 Å². The first-order valence-electron chi connectivity index (χ1n) is 13.5. The van der Waals surface area contributed by atoms with E-state index >= 15 is 0 Å². The molecule has 0 bridgehead atoms. The molecule has 0 radical (unpaired) electrons. The Hall–Kier alpha value is -1.57. The summed E-state index contributed by atoms with van der Waals surface area (Å²) in [7, 11) is 0. The summed E-state index contributed by atoms with van der Waals surface area (Å²) in [6, 6.07) is 10.9. The van der Waals surface area contributed by atoms with Gasteiger partial charge >= 0.3 is 0 Å². The summed E-state index contributed by atoms with van der Waals surface area (Å²) < 4.78 is 4.94. The molecule has 0 saturated carbocycles. The largest absolute Gasteiger partial charge is 0.256 e. The van der Waals surface area contributed by atoms with Crippen molar-refractivity contribution >= 4 is 0 Å². The monoisotopic (exact) mass is 425 g/mol. The van der Waals surface area contributed by atoms with Crippen LogP contribution in [0.1, 0.15) is 122 Å². The molecule has 0 unspecified atom stereocenters. The fourth-order valence-electron chi connectivity index (χ4n) is 4.63. The minimum absolute atomic E-state index is 0.992. The van der Waals surface area contributed by atoms with E-state index in [4.69, 9.17) is 0 Å². The molecule has 0 fully saturated rings. The Bertz CT molecular complexity index is 659. The highest BCUT2D eigenvalue weighted by atomic mass is 15.1. The molecule has 0 atom stereocenters. The van der Waals surface area contributed by atoms with Crippen LogP contribution in [0.5, 0.6) is 0 Å². The predicted octanol–water partition coefficient (Wildman–Crippen LogP) is 8.26. The summed E-state index contributed by atoms with van der Waals surface area (Å²) in [5, 5.41) is 0. The van der Waals surface area contributed by atoms with E-state index in [-0.39, 0.29) is 0 Å². The Balaban J connectivity index is 1.57. The van der Waals surface area contributed by atoms with Crippen molar-refractivity contribution < 1.29 is 4.57 Å². The summed E-state index contributed by atoms with van der Waals surface area (Å²) in [4.78, 5) is 0. The number of aryl methyl sites for hydroxylation is 1. The van der Waals surface area contributed by atoms with Crippen molar-refractivity contribution in [3.8, 4) is 0 Å². The van der Waals surface area contributed by atoms with Gasteiger partial charge in [-0.2, -0.15) is 0 Å². The van der Waals surface area contributed by atoms with E-state index in [1.807, 2.05) is 0 Å². The number of hydrogen-bond donors (Lipinski definition) is 0. The maximum atomic E-state index is 2.48. The Morgan fingerprint density at radius 2 is 1.19 bits per heavy atom. The zero-order chi connectivity index (χ0) is 22.0. The van der Waals surface area contributed by atoms with E-state index in [0.29, 0.717) is 0 Å². The summed E-state index contributed by atoms with van der Waals surface area (Å²) >= 11 is 0. The lowest BCUT2D eigenvalue weighted by molar-refractivity contribution is -0.695. The lowest BCUT2D eigenvalue weighted by Gasteiger charge is -2.06. The van der Waals surface area contributed by atoms with Crippen molar-refractivity contribution in [2.24, 2.45) is 0 Å². The second kappa shape index (κ2) is 17.0. The van der Waals surface area contributed by atoms with Gasteiger partial charge in [-0.3, -0.25) is 0 Å². The smallest absolute Gasteiger partial charge is 0.234 e. The first-order valence-corrected chi connectivity index (χ1v) is 13.5. The number of nitrogens with zero attached hydrogens (tertiary/aromatic N) is 2. The summed E-state index contributed by atoms with van der Waals surface area (Å²) in [5.41, 5.74) is 1.39. The Morgan fingerprint density at radius 3 is 1.74 bits per heavy atom. The maximum absolute atomic E-state index is 2.48. The van der Waals surface area contributed by atoms with Gasteiger partial charge in [-0.05, 0) is 18.4 Å². The van der Waals surface area contributed by atoms with E-state index in [2.05, 4.69) is 65.7 Å². The molecule has 2 nitrogen and oxygen atoms in total. The molecule has 2 heteroatoms.